The van der Waals surface area contributed by atoms with Gasteiger partial charge in [0.1, 0.15) is 0 Å². The van der Waals surface area contributed by atoms with Crippen LogP contribution in [-0.4, -0.2) is 44.3 Å². The van der Waals surface area contributed by atoms with Crippen molar-refractivity contribution in [2.24, 2.45) is 0 Å². The molecule has 1 aromatic heterocycles. The fourth-order valence-corrected chi connectivity index (χ4v) is 2.61. The highest BCUT2D eigenvalue weighted by molar-refractivity contribution is 6.00. The minimum atomic E-state index is -0.325. The summed E-state index contributed by atoms with van der Waals surface area (Å²) in [7, 11) is 1.54. The number of urea groups is 1. The van der Waals surface area contributed by atoms with Crippen LogP contribution in [0.2, 0.25) is 0 Å². The third-order valence-electron chi connectivity index (χ3n) is 3.86. The van der Waals surface area contributed by atoms with Gasteiger partial charge in [-0.2, -0.15) is 0 Å². The number of benzene rings is 1. The fraction of sp³-hybridized carbons (Fsp3) is 0.294. The van der Waals surface area contributed by atoms with E-state index in [1.165, 1.54) is 12.8 Å². The fourth-order valence-electron chi connectivity index (χ4n) is 2.61. The Morgan fingerprint density at radius 2 is 1.92 bits per heavy atom. The molecule has 126 valence electrons. The van der Waals surface area contributed by atoms with Crippen molar-refractivity contribution < 1.29 is 9.53 Å². The lowest BCUT2D eigenvalue weighted by Crippen LogP contribution is -2.43. The number of amides is 2. The number of hydrogen-bond acceptors (Lipinski definition) is 5. The number of piperazine rings is 1. The molecule has 7 nitrogen and oxygen atoms in total. The molecule has 1 aromatic carbocycles. The number of nitrogens with one attached hydrogen (secondary N) is 3. The van der Waals surface area contributed by atoms with E-state index in [0.29, 0.717) is 11.4 Å². The van der Waals surface area contributed by atoms with Crippen molar-refractivity contribution in [3.8, 4) is 5.75 Å². The lowest BCUT2D eigenvalue weighted by molar-refractivity contribution is 0.262. The van der Waals surface area contributed by atoms with Gasteiger partial charge >= 0.3 is 6.03 Å². The van der Waals surface area contributed by atoms with Gasteiger partial charge in [0.15, 0.2) is 5.75 Å². The Morgan fingerprint density at radius 3 is 2.62 bits per heavy atom. The summed E-state index contributed by atoms with van der Waals surface area (Å²) in [4.78, 5) is 18.4. The van der Waals surface area contributed by atoms with Gasteiger partial charge in [0.2, 0.25) is 0 Å². The Labute approximate surface area is 141 Å². The van der Waals surface area contributed by atoms with E-state index in [-0.39, 0.29) is 6.03 Å². The van der Waals surface area contributed by atoms with Crippen LogP contribution in [0.4, 0.5) is 21.9 Å². The van der Waals surface area contributed by atoms with E-state index < -0.39 is 0 Å². The van der Waals surface area contributed by atoms with Crippen molar-refractivity contribution in [2.45, 2.75) is 0 Å². The number of aromatic nitrogens is 1. The Hall–Kier alpha value is -2.80. The topological polar surface area (TPSA) is 78.5 Å². The van der Waals surface area contributed by atoms with Gasteiger partial charge in [0.05, 0.1) is 19.0 Å². The van der Waals surface area contributed by atoms with Gasteiger partial charge < -0.3 is 25.6 Å². The van der Waals surface area contributed by atoms with Crippen molar-refractivity contribution in [3.05, 3.63) is 42.7 Å². The molecule has 24 heavy (non-hydrogen) atoms. The standard InChI is InChI=1S/C17H21N5O2/c1-24-16-12-19-7-6-15(16)21-17(23)20-13-2-4-14(5-3-13)22-10-8-18-9-11-22/h2-7,12,18H,8-11H2,1H3,(H2,19,20,21,23). The van der Waals surface area contributed by atoms with Crippen LogP contribution in [0.25, 0.3) is 0 Å². The first kappa shape index (κ1) is 16.1. The van der Waals surface area contributed by atoms with Crippen molar-refractivity contribution in [2.75, 3.05) is 48.8 Å². The summed E-state index contributed by atoms with van der Waals surface area (Å²) >= 11 is 0. The molecule has 2 amide bonds. The van der Waals surface area contributed by atoms with E-state index in [2.05, 4.69) is 25.8 Å². The zero-order chi connectivity index (χ0) is 16.8. The molecular formula is C17H21N5O2. The monoisotopic (exact) mass is 327 g/mol. The maximum Gasteiger partial charge on any atom is 0.323 e. The highest BCUT2D eigenvalue weighted by Crippen LogP contribution is 2.22. The molecule has 1 aliphatic heterocycles. The number of hydrogen-bond donors (Lipinski definition) is 3. The number of methoxy groups -OCH3 is 1. The summed E-state index contributed by atoms with van der Waals surface area (Å²) in [6, 6.07) is 9.21. The first-order valence-electron chi connectivity index (χ1n) is 7.88. The molecule has 2 heterocycles. The van der Waals surface area contributed by atoms with E-state index >= 15 is 0 Å². The number of carbonyl (C=O) groups is 1. The summed E-state index contributed by atoms with van der Waals surface area (Å²) in [5, 5.41) is 8.90. The lowest BCUT2D eigenvalue weighted by Gasteiger charge is -2.29. The zero-order valence-corrected chi connectivity index (χ0v) is 13.6. The third-order valence-corrected chi connectivity index (χ3v) is 3.86. The first-order chi connectivity index (χ1) is 11.8. The molecule has 1 saturated heterocycles. The van der Waals surface area contributed by atoms with Gasteiger partial charge in [-0.25, -0.2) is 4.79 Å². The summed E-state index contributed by atoms with van der Waals surface area (Å²) < 4.78 is 5.16. The molecule has 3 N–H and O–H groups in total. The Kier molecular flexibility index (Phi) is 5.12. The molecule has 0 spiro atoms. The van der Waals surface area contributed by atoms with Crippen LogP contribution in [-0.2, 0) is 0 Å². The normalized spacial score (nSPS) is 14.1. The molecular weight excluding hydrogens is 306 g/mol. The summed E-state index contributed by atoms with van der Waals surface area (Å²) in [6.07, 6.45) is 3.15. The smallest absolute Gasteiger partial charge is 0.323 e. The van der Waals surface area contributed by atoms with E-state index in [0.717, 1.165) is 31.9 Å². The molecule has 3 rings (SSSR count). The average Bonchev–Trinajstić information content (AvgIpc) is 2.63. The second-order valence-corrected chi connectivity index (χ2v) is 5.44. The van der Waals surface area contributed by atoms with Gasteiger partial charge in [0, 0.05) is 43.8 Å². The molecule has 0 bridgehead atoms. The number of ether oxygens (including phenoxy) is 1. The number of carbonyl (C=O) groups excluding carboxylic acids is 1. The van der Waals surface area contributed by atoms with E-state index in [1.807, 2.05) is 24.3 Å². The SMILES string of the molecule is COc1cnccc1NC(=O)Nc1ccc(N2CCNCC2)cc1. The average molecular weight is 327 g/mol. The molecule has 1 fully saturated rings. The van der Waals surface area contributed by atoms with Crippen molar-refractivity contribution in [1.29, 1.82) is 0 Å². The van der Waals surface area contributed by atoms with E-state index in [9.17, 15) is 4.79 Å². The van der Waals surface area contributed by atoms with Gasteiger partial charge in [-0.05, 0) is 30.3 Å². The Morgan fingerprint density at radius 1 is 1.17 bits per heavy atom. The van der Waals surface area contributed by atoms with Gasteiger partial charge in [-0.15, -0.1) is 0 Å². The second-order valence-electron chi connectivity index (χ2n) is 5.44. The quantitative estimate of drug-likeness (QED) is 0.802. The van der Waals surface area contributed by atoms with Crippen LogP contribution >= 0.6 is 0 Å². The first-order valence-corrected chi connectivity index (χ1v) is 7.88. The van der Waals surface area contributed by atoms with E-state index in [4.69, 9.17) is 4.74 Å². The molecule has 0 saturated carbocycles. The highest BCUT2D eigenvalue weighted by Gasteiger charge is 2.11. The summed E-state index contributed by atoms with van der Waals surface area (Å²) in [5.41, 5.74) is 2.47. The van der Waals surface area contributed by atoms with Crippen molar-refractivity contribution in [1.82, 2.24) is 10.3 Å². The van der Waals surface area contributed by atoms with Crippen molar-refractivity contribution >= 4 is 23.1 Å². The Bertz CT molecular complexity index is 684. The number of rotatable bonds is 4. The van der Waals surface area contributed by atoms with Crippen LogP contribution in [0.3, 0.4) is 0 Å². The van der Waals surface area contributed by atoms with Crippen LogP contribution < -0.4 is 25.6 Å². The third kappa shape index (κ3) is 3.94. The molecule has 0 aliphatic carbocycles. The highest BCUT2D eigenvalue weighted by atomic mass is 16.5. The molecule has 0 radical (unpaired) electrons. The second kappa shape index (κ2) is 7.65. The predicted octanol–water partition coefficient (Wildman–Crippen LogP) is 2.14. The predicted molar refractivity (Wildman–Crippen MR) is 95.0 cm³/mol. The van der Waals surface area contributed by atoms with Gasteiger partial charge in [0.25, 0.3) is 0 Å². The van der Waals surface area contributed by atoms with Crippen LogP contribution in [0.1, 0.15) is 0 Å². The Balaban J connectivity index is 1.60. The van der Waals surface area contributed by atoms with Crippen molar-refractivity contribution in [3.63, 3.8) is 0 Å². The number of nitrogens with zero attached hydrogens (tertiary/aromatic N) is 2. The summed E-state index contributed by atoms with van der Waals surface area (Å²) in [6.45, 7) is 3.98. The zero-order valence-electron chi connectivity index (χ0n) is 13.6. The van der Waals surface area contributed by atoms with Gasteiger partial charge in [-0.1, -0.05) is 0 Å². The summed E-state index contributed by atoms with van der Waals surface area (Å²) in [5.74, 6) is 0.515. The van der Waals surface area contributed by atoms with Crippen LogP contribution in [0.5, 0.6) is 5.75 Å². The maximum atomic E-state index is 12.1. The minimum Gasteiger partial charge on any atom is -0.493 e. The molecule has 1 aliphatic rings. The minimum absolute atomic E-state index is 0.325. The van der Waals surface area contributed by atoms with Crippen LogP contribution in [0, 0.1) is 0 Å². The number of pyridine rings is 1. The number of anilines is 3. The molecule has 0 atom stereocenters. The van der Waals surface area contributed by atoms with E-state index in [1.54, 1.807) is 18.5 Å². The molecule has 7 heteroatoms. The maximum absolute atomic E-state index is 12.1. The molecule has 0 unspecified atom stereocenters. The largest absolute Gasteiger partial charge is 0.493 e. The van der Waals surface area contributed by atoms with Gasteiger partial charge in [-0.3, -0.25) is 4.98 Å². The lowest BCUT2D eigenvalue weighted by atomic mass is 10.2. The molecule has 2 aromatic rings. The van der Waals surface area contributed by atoms with Crippen LogP contribution in [0.15, 0.2) is 42.7 Å².